The Hall–Kier alpha value is -1.17. The fraction of sp³-hybridized carbons (Fsp3) is 0.808. The molecule has 0 saturated carbocycles. The molecule has 6 atom stereocenters. The van der Waals surface area contributed by atoms with Gasteiger partial charge in [-0.2, -0.15) is 0 Å². The molecule has 0 radical (unpaired) electrons. The molecule has 2 bridgehead atoms. The lowest BCUT2D eigenvalue weighted by molar-refractivity contribution is -0.249. The number of aliphatic imine (C=N–C) groups is 1. The van der Waals surface area contributed by atoms with Crippen molar-refractivity contribution < 1.29 is 14.2 Å². The summed E-state index contributed by atoms with van der Waals surface area (Å²) in [5, 5.41) is 0. The molecule has 5 nitrogen and oxygen atoms in total. The summed E-state index contributed by atoms with van der Waals surface area (Å²) >= 11 is 0. The monoisotopic (exact) mass is 428 g/mol. The van der Waals surface area contributed by atoms with Crippen LogP contribution in [0.3, 0.4) is 0 Å². The summed E-state index contributed by atoms with van der Waals surface area (Å²) in [5.41, 5.74) is 9.17. The third-order valence-electron chi connectivity index (χ3n) is 8.60. The molecule has 3 saturated heterocycles. The van der Waals surface area contributed by atoms with Crippen molar-refractivity contribution in [3.63, 3.8) is 0 Å². The van der Waals surface area contributed by atoms with Crippen LogP contribution in [0.25, 0.3) is 0 Å². The van der Waals surface area contributed by atoms with Crippen molar-refractivity contribution in [3.8, 4) is 0 Å². The van der Waals surface area contributed by atoms with E-state index in [4.69, 9.17) is 24.9 Å². The zero-order chi connectivity index (χ0) is 22.4. The van der Waals surface area contributed by atoms with Crippen LogP contribution >= 0.6 is 0 Å². The van der Waals surface area contributed by atoms with Gasteiger partial charge in [0.1, 0.15) is 12.2 Å². The fourth-order valence-electron chi connectivity index (χ4n) is 6.69. The quantitative estimate of drug-likeness (QED) is 0.669. The van der Waals surface area contributed by atoms with Crippen LogP contribution in [0.5, 0.6) is 0 Å². The summed E-state index contributed by atoms with van der Waals surface area (Å²) in [6, 6.07) is 0. The van der Waals surface area contributed by atoms with Crippen molar-refractivity contribution in [1.82, 2.24) is 0 Å². The van der Waals surface area contributed by atoms with Crippen molar-refractivity contribution in [3.05, 3.63) is 23.4 Å². The molecular formula is C26H40N2O3. The van der Waals surface area contributed by atoms with E-state index in [-0.39, 0.29) is 28.9 Å². The minimum atomic E-state index is -0.549. The highest BCUT2D eigenvalue weighted by molar-refractivity contribution is 6.12. The molecule has 4 aliphatic heterocycles. The smallest absolute Gasteiger partial charge is 0.164 e. The fourth-order valence-corrected chi connectivity index (χ4v) is 6.69. The lowest BCUT2D eigenvalue weighted by atomic mass is 9.70. The summed E-state index contributed by atoms with van der Waals surface area (Å²) < 4.78 is 19.3. The zero-order valence-electron chi connectivity index (χ0n) is 20.4. The molecule has 0 aromatic carbocycles. The molecule has 31 heavy (non-hydrogen) atoms. The van der Waals surface area contributed by atoms with Gasteiger partial charge in [-0.05, 0) is 90.0 Å². The van der Waals surface area contributed by atoms with Gasteiger partial charge in [-0.15, -0.1) is 0 Å². The van der Waals surface area contributed by atoms with Crippen LogP contribution in [0.4, 0.5) is 0 Å². The van der Waals surface area contributed by atoms with Crippen LogP contribution in [-0.2, 0) is 14.2 Å². The van der Waals surface area contributed by atoms with Crippen molar-refractivity contribution in [1.29, 1.82) is 0 Å². The Morgan fingerprint density at radius 1 is 0.903 bits per heavy atom. The van der Waals surface area contributed by atoms with E-state index in [0.717, 1.165) is 43.5 Å². The summed E-state index contributed by atoms with van der Waals surface area (Å²) in [6.45, 7) is 15.4. The first-order valence-electron chi connectivity index (χ1n) is 12.1. The molecule has 5 rings (SSSR count). The van der Waals surface area contributed by atoms with Gasteiger partial charge in [-0.3, -0.25) is 4.99 Å². The first kappa shape index (κ1) is 21.7. The number of rotatable bonds is 2. The number of fused-ring (bicyclic) bond motifs is 5. The van der Waals surface area contributed by atoms with Gasteiger partial charge >= 0.3 is 0 Å². The highest BCUT2D eigenvalue weighted by Gasteiger charge is 2.69. The molecule has 2 N–H and O–H groups in total. The number of dihydropyridines is 1. The van der Waals surface area contributed by atoms with E-state index in [1.54, 1.807) is 0 Å². The zero-order valence-corrected chi connectivity index (χ0v) is 20.4. The molecule has 4 heterocycles. The molecule has 0 aromatic heterocycles. The largest absolute Gasteiger partial charge is 0.397 e. The molecule has 1 unspecified atom stereocenters. The van der Waals surface area contributed by atoms with E-state index < -0.39 is 5.79 Å². The summed E-state index contributed by atoms with van der Waals surface area (Å²) in [4.78, 5) is 5.39. The van der Waals surface area contributed by atoms with Crippen molar-refractivity contribution in [2.24, 2.45) is 22.1 Å². The first-order valence-corrected chi connectivity index (χ1v) is 12.1. The third-order valence-corrected chi connectivity index (χ3v) is 8.60. The predicted molar refractivity (Wildman–Crippen MR) is 123 cm³/mol. The second-order valence-electron chi connectivity index (χ2n) is 12.6. The Kier molecular flexibility index (Phi) is 4.51. The number of ether oxygens (including phenoxy) is 3. The first-order chi connectivity index (χ1) is 14.2. The van der Waals surface area contributed by atoms with Gasteiger partial charge in [0, 0.05) is 0 Å². The Labute approximate surface area is 187 Å². The van der Waals surface area contributed by atoms with E-state index in [2.05, 4.69) is 46.8 Å². The minimum Gasteiger partial charge on any atom is -0.397 e. The normalized spacial score (nSPS) is 48.0. The van der Waals surface area contributed by atoms with Crippen LogP contribution in [0.1, 0.15) is 87.0 Å². The average Bonchev–Trinajstić information content (AvgIpc) is 3.06. The van der Waals surface area contributed by atoms with E-state index in [9.17, 15) is 0 Å². The Morgan fingerprint density at radius 3 is 2.06 bits per heavy atom. The van der Waals surface area contributed by atoms with Gasteiger partial charge < -0.3 is 19.9 Å². The summed E-state index contributed by atoms with van der Waals surface area (Å²) in [6.07, 6.45) is 10.6. The molecular weight excluding hydrogens is 388 g/mol. The van der Waals surface area contributed by atoms with E-state index >= 15 is 0 Å². The molecule has 5 heteroatoms. The maximum Gasteiger partial charge on any atom is 0.164 e. The average molecular weight is 429 g/mol. The lowest BCUT2D eigenvalue weighted by Crippen LogP contribution is -2.52. The number of hydrogen-bond donors (Lipinski definition) is 1. The molecule has 1 aliphatic carbocycles. The van der Waals surface area contributed by atoms with Crippen LogP contribution in [0, 0.1) is 11.3 Å². The number of nitrogens with zero attached hydrogens (tertiary/aromatic N) is 1. The number of hydrogen-bond acceptors (Lipinski definition) is 5. The van der Waals surface area contributed by atoms with E-state index in [0.29, 0.717) is 11.3 Å². The molecule has 0 amide bonds. The van der Waals surface area contributed by atoms with Crippen LogP contribution in [0.15, 0.2) is 28.4 Å². The molecule has 5 aliphatic rings. The maximum atomic E-state index is 6.64. The van der Waals surface area contributed by atoms with E-state index in [1.807, 2.05) is 13.8 Å². The maximum absolute atomic E-state index is 6.64. The molecule has 0 aromatic rings. The van der Waals surface area contributed by atoms with Crippen LogP contribution < -0.4 is 5.73 Å². The summed E-state index contributed by atoms with van der Waals surface area (Å²) in [7, 11) is 0. The van der Waals surface area contributed by atoms with Crippen molar-refractivity contribution in [2.75, 3.05) is 0 Å². The van der Waals surface area contributed by atoms with Gasteiger partial charge in [0.05, 0.1) is 28.1 Å². The topological polar surface area (TPSA) is 66.1 Å². The Bertz CT molecular complexity index is 859. The third kappa shape index (κ3) is 3.43. The number of nitrogens with two attached hydrogens (primary N) is 1. The Balaban J connectivity index is 1.45. The van der Waals surface area contributed by atoms with Crippen LogP contribution in [0.2, 0.25) is 0 Å². The standard InChI is InChI=1S/C26H40N2O3/c1-22(2)11-8-16(9-12-22)19-18(27)10-13-24(5,28-19)17-14-25(6)20-21(26(7,15-17)31-25)30-23(3,4)29-20/h8,10,17,20-21H,9,11-15,27H2,1-7H3/t17-,20-,21+,24?,25+,26-. The molecule has 3 fully saturated rings. The van der Waals surface area contributed by atoms with Crippen LogP contribution in [-0.4, -0.2) is 40.4 Å². The lowest BCUT2D eigenvalue weighted by Gasteiger charge is -2.49. The van der Waals surface area contributed by atoms with Crippen molar-refractivity contribution >= 4 is 5.71 Å². The van der Waals surface area contributed by atoms with Gasteiger partial charge in [-0.25, -0.2) is 0 Å². The number of allylic oxidation sites excluding steroid dienone is 2. The second-order valence-corrected chi connectivity index (χ2v) is 12.6. The highest BCUT2D eigenvalue weighted by Crippen LogP contribution is 2.59. The second kappa shape index (κ2) is 6.45. The molecule has 172 valence electrons. The molecule has 0 spiro atoms. The van der Waals surface area contributed by atoms with Gasteiger partial charge in [0.2, 0.25) is 0 Å². The van der Waals surface area contributed by atoms with Crippen molar-refractivity contribution in [2.45, 2.75) is 122 Å². The Morgan fingerprint density at radius 2 is 1.52 bits per heavy atom. The van der Waals surface area contributed by atoms with Gasteiger partial charge in [-0.1, -0.05) is 26.0 Å². The highest BCUT2D eigenvalue weighted by atomic mass is 16.8. The van der Waals surface area contributed by atoms with Gasteiger partial charge in [0.15, 0.2) is 5.79 Å². The summed E-state index contributed by atoms with van der Waals surface area (Å²) in [5.74, 6) is -0.162. The predicted octanol–water partition coefficient (Wildman–Crippen LogP) is 5.05. The van der Waals surface area contributed by atoms with Gasteiger partial charge in [0.25, 0.3) is 0 Å². The van der Waals surface area contributed by atoms with E-state index in [1.165, 1.54) is 12.0 Å². The SMILES string of the molecule is CC1(C)CC=C(C2=NC(C)([C@H]3C[C@@]4(C)O[C@@](C)(C3)[C@@H]3OC(C)(C)O[C@@H]34)CC=C2N)CC1. The minimum absolute atomic E-state index is 0.0305.